The van der Waals surface area contributed by atoms with Gasteiger partial charge in [-0.2, -0.15) is 0 Å². The summed E-state index contributed by atoms with van der Waals surface area (Å²) in [5.41, 5.74) is 6.48. The number of fused-ring (bicyclic) bond motifs is 1. The Morgan fingerprint density at radius 2 is 2.00 bits per heavy atom. The van der Waals surface area contributed by atoms with Gasteiger partial charge in [-0.25, -0.2) is 28.1 Å². The smallest absolute Gasteiger partial charge is 0.224 e. The summed E-state index contributed by atoms with van der Waals surface area (Å²) >= 11 is 0. The first-order chi connectivity index (χ1) is 15.6. The summed E-state index contributed by atoms with van der Waals surface area (Å²) in [6.45, 7) is 0.497. The van der Waals surface area contributed by atoms with Crippen LogP contribution in [0.4, 0.5) is 5.82 Å². The molecule has 0 fully saturated rings. The fourth-order valence-electron chi connectivity index (χ4n) is 2.95. The summed E-state index contributed by atoms with van der Waals surface area (Å²) in [7, 11) is -6.14. The molecule has 1 aromatic carbocycles. The van der Waals surface area contributed by atoms with Crippen molar-refractivity contribution >= 4 is 37.8 Å². The molecule has 6 N–H and O–H groups in total. The first-order valence-electron chi connectivity index (χ1n) is 9.64. The molecule has 0 radical (unpaired) electrons. The maximum Gasteiger partial charge on any atom is 0.224 e. The van der Waals surface area contributed by atoms with Crippen molar-refractivity contribution in [1.29, 1.82) is 0 Å². The summed E-state index contributed by atoms with van der Waals surface area (Å²) in [6.07, 6.45) is -0.720. The number of aromatic nitrogens is 4. The number of phenolic OH excluding ortho intramolecular Hbond substituents is 1. The molecule has 0 aliphatic heterocycles. The highest BCUT2D eigenvalue weighted by molar-refractivity contribution is 8.04. The fourth-order valence-corrected chi connectivity index (χ4v) is 5.87. The van der Waals surface area contributed by atoms with Crippen LogP contribution in [0.25, 0.3) is 11.2 Å². The van der Waals surface area contributed by atoms with Gasteiger partial charge in [-0.05, 0) is 19.1 Å². The molecule has 0 saturated heterocycles. The first-order valence-corrected chi connectivity index (χ1v) is 12.6. The van der Waals surface area contributed by atoms with Gasteiger partial charge in [0.05, 0.1) is 28.6 Å². The lowest BCUT2D eigenvalue weighted by molar-refractivity contribution is -0.105. The highest BCUT2D eigenvalue weighted by Crippen LogP contribution is 2.22. The number of phenols is 1. The van der Waals surface area contributed by atoms with Crippen LogP contribution in [0.5, 0.6) is 5.75 Å². The van der Waals surface area contributed by atoms with Gasteiger partial charge in [0.25, 0.3) is 0 Å². The molecule has 3 rings (SSSR count). The van der Waals surface area contributed by atoms with Crippen LogP contribution >= 0.6 is 0 Å². The zero-order chi connectivity index (χ0) is 24.2. The van der Waals surface area contributed by atoms with Gasteiger partial charge in [-0.3, -0.25) is 8.78 Å². The lowest BCUT2D eigenvalue weighted by atomic mass is 10.2. The van der Waals surface area contributed by atoms with E-state index in [1.54, 1.807) is 6.92 Å². The second kappa shape index (κ2) is 10.5. The molecule has 3 aromatic rings. The number of nitrogens with two attached hydrogens (primary N) is 1. The molecular weight excluding hydrogens is 476 g/mol. The van der Waals surface area contributed by atoms with Crippen molar-refractivity contribution in [2.75, 3.05) is 24.0 Å². The number of hydrogen-bond acceptors (Lipinski definition) is 11. The van der Waals surface area contributed by atoms with E-state index in [-0.39, 0.29) is 16.5 Å². The van der Waals surface area contributed by atoms with E-state index in [9.17, 15) is 27.9 Å². The van der Waals surface area contributed by atoms with Gasteiger partial charge in [-0.15, -0.1) is 0 Å². The number of benzene rings is 1. The Bertz CT molecular complexity index is 1240. The van der Waals surface area contributed by atoms with E-state index in [4.69, 9.17) is 10.5 Å². The van der Waals surface area contributed by atoms with Crippen molar-refractivity contribution in [3.63, 3.8) is 0 Å². The third-order valence-corrected chi connectivity index (χ3v) is 8.18. The number of anilines is 1. The Morgan fingerprint density at radius 1 is 1.27 bits per heavy atom. The van der Waals surface area contributed by atoms with Gasteiger partial charge < -0.3 is 25.8 Å². The van der Waals surface area contributed by atoms with E-state index >= 15 is 0 Å². The molecule has 0 bridgehead atoms. The van der Waals surface area contributed by atoms with Crippen molar-refractivity contribution < 1.29 is 32.7 Å². The van der Waals surface area contributed by atoms with E-state index in [1.165, 1.54) is 41.5 Å². The van der Waals surface area contributed by atoms with Crippen molar-refractivity contribution in [2.24, 2.45) is 0 Å². The van der Waals surface area contributed by atoms with Crippen LogP contribution in [-0.4, -0.2) is 77.9 Å². The summed E-state index contributed by atoms with van der Waals surface area (Å²) < 4.78 is 46.7. The maximum atomic E-state index is 12.4. The maximum absolute atomic E-state index is 12.4. The second-order valence-electron chi connectivity index (χ2n) is 7.00. The van der Waals surface area contributed by atoms with Crippen LogP contribution in [-0.2, 0) is 25.6 Å². The molecule has 13 nitrogen and oxygen atoms in total. The Labute approximate surface area is 191 Å². The average Bonchev–Trinajstić information content (AvgIpc) is 3.21. The number of para-hydroxylation sites is 1. The third kappa shape index (κ3) is 6.01. The van der Waals surface area contributed by atoms with Crippen LogP contribution in [0.1, 0.15) is 13.2 Å². The normalized spacial score (nSPS) is 15.8. The average molecular weight is 501 g/mol. The summed E-state index contributed by atoms with van der Waals surface area (Å²) in [5.74, 6) is -0.114. The highest BCUT2D eigenvalue weighted by Gasteiger charge is 2.27. The standard InChI is InChI=1S/C18H24N6O7S2/c1-11(24-9-22-16-17(19)20-8-21-18(16)24)31-14(13(27)7-25)6-23-33(29,30)10-32(28)15-5-3-2-4-12(15)26/h2-5,8-9,11,13-14,23,25-27H,6-7,10H2,1H3,(H2,19,20,21)/t11?,13?,14-,32?/m1/s1. The zero-order valence-electron chi connectivity index (χ0n) is 17.5. The number of aliphatic hydroxyl groups is 2. The number of ether oxygens (including phenoxy) is 1. The lowest BCUT2D eigenvalue weighted by Crippen LogP contribution is -2.44. The number of sulfonamides is 1. The number of rotatable bonds is 11. The summed E-state index contributed by atoms with van der Waals surface area (Å²) in [6, 6.07) is 5.70. The minimum absolute atomic E-state index is 0.0204. The van der Waals surface area contributed by atoms with Crippen LogP contribution in [0, 0.1) is 0 Å². The molecule has 15 heteroatoms. The van der Waals surface area contributed by atoms with E-state index in [2.05, 4.69) is 19.7 Å². The number of nitrogens with one attached hydrogen (secondary N) is 1. The molecule has 33 heavy (non-hydrogen) atoms. The van der Waals surface area contributed by atoms with Crippen LogP contribution < -0.4 is 10.5 Å². The zero-order valence-corrected chi connectivity index (χ0v) is 19.1. The molecule has 0 spiro atoms. The highest BCUT2D eigenvalue weighted by atomic mass is 32.3. The molecule has 0 saturated carbocycles. The predicted octanol–water partition coefficient (Wildman–Crippen LogP) is -0.944. The van der Waals surface area contributed by atoms with Gasteiger partial charge in [0.1, 0.15) is 41.1 Å². The Morgan fingerprint density at radius 3 is 2.70 bits per heavy atom. The molecule has 2 aromatic heterocycles. The number of aliphatic hydroxyl groups excluding tert-OH is 2. The molecule has 4 atom stereocenters. The number of imidazole rings is 1. The summed E-state index contributed by atoms with van der Waals surface area (Å²) in [5, 5.41) is 28.5. The third-order valence-electron chi connectivity index (χ3n) is 4.64. The Hall–Kier alpha value is -2.69. The van der Waals surface area contributed by atoms with Crippen molar-refractivity contribution in [2.45, 2.75) is 30.3 Å². The molecule has 0 aliphatic rings. The minimum Gasteiger partial charge on any atom is -0.507 e. The quantitative estimate of drug-likeness (QED) is 0.217. The molecule has 0 aliphatic carbocycles. The van der Waals surface area contributed by atoms with Crippen molar-refractivity contribution in [3.8, 4) is 5.75 Å². The first kappa shape index (κ1) is 24.9. The SMILES string of the molecule is CC(O[C@H](CNS(=O)(=O)CS(=O)c1ccccc1O)C(O)CO)n1cnc2c(N)ncnc21. The van der Waals surface area contributed by atoms with Crippen LogP contribution in [0.15, 0.2) is 41.8 Å². The minimum atomic E-state index is -4.10. The van der Waals surface area contributed by atoms with Crippen molar-refractivity contribution in [3.05, 3.63) is 36.9 Å². The molecule has 0 amide bonds. The summed E-state index contributed by atoms with van der Waals surface area (Å²) in [4.78, 5) is 12.1. The monoisotopic (exact) mass is 500 g/mol. The lowest BCUT2D eigenvalue weighted by Gasteiger charge is -2.26. The molecular formula is C18H24N6O7S2. The van der Waals surface area contributed by atoms with Crippen molar-refractivity contribution in [1.82, 2.24) is 24.2 Å². The number of aromatic hydroxyl groups is 1. The van der Waals surface area contributed by atoms with Gasteiger partial charge in [-0.1, -0.05) is 12.1 Å². The Balaban J connectivity index is 1.69. The molecule has 180 valence electrons. The van der Waals surface area contributed by atoms with Crippen LogP contribution in [0.2, 0.25) is 0 Å². The fraction of sp³-hybridized carbons (Fsp3) is 0.389. The molecule has 3 unspecified atom stereocenters. The van der Waals surface area contributed by atoms with Gasteiger partial charge in [0, 0.05) is 6.54 Å². The number of nitrogens with zero attached hydrogens (tertiary/aromatic N) is 4. The van der Waals surface area contributed by atoms with Gasteiger partial charge >= 0.3 is 0 Å². The van der Waals surface area contributed by atoms with Crippen LogP contribution in [0.3, 0.4) is 0 Å². The van der Waals surface area contributed by atoms with E-state index in [0.29, 0.717) is 11.2 Å². The van der Waals surface area contributed by atoms with E-state index in [0.717, 1.165) is 0 Å². The second-order valence-corrected chi connectivity index (χ2v) is 10.6. The van der Waals surface area contributed by atoms with E-state index in [1.807, 2.05) is 0 Å². The van der Waals surface area contributed by atoms with Gasteiger partial charge in [0.15, 0.2) is 11.5 Å². The number of hydrogen-bond donors (Lipinski definition) is 5. The Kier molecular flexibility index (Phi) is 7.93. The topological polar surface area (TPSA) is 203 Å². The van der Waals surface area contributed by atoms with E-state index < -0.39 is 57.5 Å². The molecule has 2 heterocycles. The largest absolute Gasteiger partial charge is 0.507 e. The number of nitrogen functional groups attached to an aromatic ring is 1. The predicted molar refractivity (Wildman–Crippen MR) is 119 cm³/mol. The van der Waals surface area contributed by atoms with Gasteiger partial charge in [0.2, 0.25) is 10.0 Å².